The van der Waals surface area contributed by atoms with Gasteiger partial charge in [0.2, 0.25) is 15.9 Å². The number of hydrogen-bond acceptors (Lipinski definition) is 3. The van der Waals surface area contributed by atoms with Crippen molar-refractivity contribution < 1.29 is 13.2 Å². The fourth-order valence-corrected chi connectivity index (χ4v) is 4.50. The van der Waals surface area contributed by atoms with Crippen molar-refractivity contribution in [3.63, 3.8) is 0 Å². The van der Waals surface area contributed by atoms with Crippen molar-refractivity contribution in [2.75, 3.05) is 26.2 Å². The van der Waals surface area contributed by atoms with Crippen molar-refractivity contribution in [3.8, 4) is 0 Å². The molecular formula is C18H28N2O3S. The topological polar surface area (TPSA) is 57.7 Å². The summed E-state index contributed by atoms with van der Waals surface area (Å²) in [5.41, 5.74) is 1.43. The first kappa shape index (κ1) is 18.9. The van der Waals surface area contributed by atoms with Gasteiger partial charge in [-0.2, -0.15) is 4.31 Å². The minimum absolute atomic E-state index is 0.0158. The quantitative estimate of drug-likeness (QED) is 0.839. The fourth-order valence-electron chi connectivity index (χ4n) is 2.95. The molecule has 0 aromatic heterocycles. The monoisotopic (exact) mass is 352 g/mol. The predicted octanol–water partition coefficient (Wildman–Crippen LogP) is 2.41. The van der Waals surface area contributed by atoms with Gasteiger partial charge in [0, 0.05) is 31.6 Å². The van der Waals surface area contributed by atoms with Crippen molar-refractivity contribution in [1.29, 1.82) is 0 Å². The van der Waals surface area contributed by atoms with Crippen molar-refractivity contribution in [2.45, 2.75) is 39.9 Å². The molecule has 1 amide bonds. The van der Waals surface area contributed by atoms with E-state index in [1.54, 1.807) is 4.90 Å². The van der Waals surface area contributed by atoms with E-state index in [4.69, 9.17) is 0 Å². The van der Waals surface area contributed by atoms with Crippen LogP contribution < -0.4 is 0 Å². The maximum atomic E-state index is 12.7. The third kappa shape index (κ3) is 4.80. The smallest absolute Gasteiger partial charge is 0.227 e. The van der Waals surface area contributed by atoms with Gasteiger partial charge in [0.1, 0.15) is 0 Å². The van der Waals surface area contributed by atoms with Crippen LogP contribution in [0.15, 0.2) is 24.3 Å². The fraction of sp³-hybridized carbons (Fsp3) is 0.611. The van der Waals surface area contributed by atoms with Crippen LogP contribution in [0.2, 0.25) is 0 Å². The lowest BCUT2D eigenvalue weighted by Gasteiger charge is -2.28. The zero-order chi connectivity index (χ0) is 18.0. The Morgan fingerprint density at radius 2 is 1.83 bits per heavy atom. The van der Waals surface area contributed by atoms with Gasteiger partial charge in [-0.3, -0.25) is 4.79 Å². The van der Waals surface area contributed by atoms with Gasteiger partial charge in [-0.05, 0) is 18.9 Å². The average Bonchev–Trinajstić information content (AvgIpc) is 2.71. The van der Waals surface area contributed by atoms with Gasteiger partial charge >= 0.3 is 0 Å². The van der Waals surface area contributed by atoms with E-state index in [9.17, 15) is 13.2 Å². The first-order chi connectivity index (χ1) is 11.1. The Labute approximate surface area is 145 Å². The summed E-state index contributed by atoms with van der Waals surface area (Å²) in [6, 6.07) is 7.59. The molecule has 1 aromatic carbocycles. The molecule has 0 N–H and O–H groups in total. The molecule has 1 aromatic rings. The van der Waals surface area contributed by atoms with E-state index >= 15 is 0 Å². The molecule has 6 heteroatoms. The van der Waals surface area contributed by atoms with Gasteiger partial charge in [-0.15, -0.1) is 0 Å². The minimum atomic E-state index is -3.37. The third-order valence-corrected chi connectivity index (χ3v) is 6.06. The summed E-state index contributed by atoms with van der Waals surface area (Å²) in [6.45, 7) is 9.57. The molecule has 0 spiro atoms. The molecule has 0 bridgehead atoms. The number of nitrogens with zero attached hydrogens (tertiary/aromatic N) is 2. The van der Waals surface area contributed by atoms with Crippen molar-refractivity contribution in [3.05, 3.63) is 35.4 Å². The Hall–Kier alpha value is -1.40. The molecule has 1 aliphatic heterocycles. The van der Waals surface area contributed by atoms with Crippen molar-refractivity contribution >= 4 is 15.9 Å². The third-order valence-electron chi connectivity index (χ3n) is 4.21. The first-order valence-corrected chi connectivity index (χ1v) is 10.0. The highest BCUT2D eigenvalue weighted by Crippen LogP contribution is 2.20. The number of sulfonamides is 1. The van der Waals surface area contributed by atoms with Gasteiger partial charge < -0.3 is 4.90 Å². The van der Waals surface area contributed by atoms with Gasteiger partial charge in [-0.1, -0.05) is 50.6 Å². The number of hydrogen-bond donors (Lipinski definition) is 0. The van der Waals surface area contributed by atoms with Crippen LogP contribution in [0, 0.1) is 12.3 Å². The normalized spacial score (nSPS) is 17.6. The first-order valence-electron chi connectivity index (χ1n) is 8.42. The maximum Gasteiger partial charge on any atom is 0.227 e. The SMILES string of the molecule is Cc1cccc(CS(=O)(=O)N2CCCN(C(=O)C(C)(C)C)CC2)c1. The van der Waals surface area contributed by atoms with Crippen molar-refractivity contribution in [1.82, 2.24) is 9.21 Å². The summed E-state index contributed by atoms with van der Waals surface area (Å²) < 4.78 is 27.0. The summed E-state index contributed by atoms with van der Waals surface area (Å²) in [6.07, 6.45) is 0.675. The number of aryl methyl sites for hydroxylation is 1. The molecule has 1 fully saturated rings. The highest BCUT2D eigenvalue weighted by atomic mass is 32.2. The lowest BCUT2D eigenvalue weighted by molar-refractivity contribution is -0.139. The molecule has 0 radical (unpaired) electrons. The van der Waals surface area contributed by atoms with Gasteiger partial charge in [0.05, 0.1) is 5.75 Å². The molecule has 2 rings (SSSR count). The molecule has 1 aliphatic rings. The summed E-state index contributed by atoms with van der Waals surface area (Å²) in [7, 11) is -3.37. The number of rotatable bonds is 3. The molecule has 0 saturated carbocycles. The second-order valence-electron chi connectivity index (χ2n) is 7.54. The Balaban J connectivity index is 2.06. The van der Waals surface area contributed by atoms with Crippen LogP contribution >= 0.6 is 0 Å². The van der Waals surface area contributed by atoms with Crippen LogP contribution in [0.25, 0.3) is 0 Å². The van der Waals surface area contributed by atoms with E-state index in [0.29, 0.717) is 32.6 Å². The van der Waals surface area contributed by atoms with Crippen molar-refractivity contribution in [2.24, 2.45) is 5.41 Å². The molecule has 1 saturated heterocycles. The highest BCUT2D eigenvalue weighted by Gasteiger charge is 2.31. The van der Waals surface area contributed by atoms with E-state index in [1.807, 2.05) is 52.0 Å². The van der Waals surface area contributed by atoms with Crippen LogP contribution in [-0.4, -0.2) is 49.7 Å². The predicted molar refractivity (Wildman–Crippen MR) is 96.0 cm³/mol. The number of benzene rings is 1. The standard InChI is InChI=1S/C18H28N2O3S/c1-15-7-5-8-16(13-15)14-24(22,23)20-10-6-9-19(11-12-20)17(21)18(2,3)4/h5,7-8,13H,6,9-12,14H2,1-4H3. The molecule has 0 atom stereocenters. The Morgan fingerprint density at radius 1 is 1.12 bits per heavy atom. The molecule has 0 aliphatic carbocycles. The molecule has 134 valence electrons. The lowest BCUT2D eigenvalue weighted by Crippen LogP contribution is -2.42. The van der Waals surface area contributed by atoms with E-state index in [1.165, 1.54) is 4.31 Å². The van der Waals surface area contributed by atoms with Gasteiger partial charge in [0.25, 0.3) is 0 Å². The maximum absolute atomic E-state index is 12.7. The zero-order valence-electron chi connectivity index (χ0n) is 15.1. The van der Waals surface area contributed by atoms with Crippen LogP contribution in [-0.2, 0) is 20.6 Å². The Bertz CT molecular complexity index is 692. The van der Waals surface area contributed by atoms with Crippen LogP contribution in [0.4, 0.5) is 0 Å². The summed E-state index contributed by atoms with van der Waals surface area (Å²) in [5.74, 6) is 0.0995. The molecule has 5 nitrogen and oxygen atoms in total. The number of carbonyl (C=O) groups is 1. The minimum Gasteiger partial charge on any atom is -0.341 e. The van der Waals surface area contributed by atoms with E-state index in [-0.39, 0.29) is 11.7 Å². The highest BCUT2D eigenvalue weighted by molar-refractivity contribution is 7.88. The summed E-state index contributed by atoms with van der Waals surface area (Å²) in [5, 5.41) is 0. The average molecular weight is 353 g/mol. The molecule has 1 heterocycles. The Kier molecular flexibility index (Phi) is 5.71. The van der Waals surface area contributed by atoms with Gasteiger partial charge in [0.15, 0.2) is 0 Å². The van der Waals surface area contributed by atoms with E-state index in [2.05, 4.69) is 0 Å². The molecular weight excluding hydrogens is 324 g/mol. The Morgan fingerprint density at radius 3 is 2.46 bits per heavy atom. The summed E-state index contributed by atoms with van der Waals surface area (Å²) in [4.78, 5) is 14.2. The van der Waals surface area contributed by atoms with E-state index < -0.39 is 15.4 Å². The lowest BCUT2D eigenvalue weighted by atomic mass is 9.94. The second-order valence-corrected chi connectivity index (χ2v) is 9.51. The van der Waals surface area contributed by atoms with Gasteiger partial charge in [-0.25, -0.2) is 8.42 Å². The van der Waals surface area contributed by atoms with Crippen LogP contribution in [0.5, 0.6) is 0 Å². The molecule has 24 heavy (non-hydrogen) atoms. The number of carbonyl (C=O) groups excluding carboxylic acids is 1. The summed E-state index contributed by atoms with van der Waals surface area (Å²) >= 11 is 0. The number of amides is 1. The largest absolute Gasteiger partial charge is 0.341 e. The van der Waals surface area contributed by atoms with Crippen LogP contribution in [0.3, 0.4) is 0 Å². The molecule has 0 unspecified atom stereocenters. The van der Waals surface area contributed by atoms with E-state index in [0.717, 1.165) is 11.1 Å². The van der Waals surface area contributed by atoms with Crippen LogP contribution in [0.1, 0.15) is 38.3 Å². The zero-order valence-corrected chi connectivity index (χ0v) is 15.9. The second kappa shape index (κ2) is 7.23.